The summed E-state index contributed by atoms with van der Waals surface area (Å²) < 4.78 is 33.7. The molecule has 0 radical (unpaired) electrons. The molecule has 0 saturated carbocycles. The second-order valence-electron chi connectivity index (χ2n) is 21.3. The van der Waals surface area contributed by atoms with Crippen molar-refractivity contribution in [3.63, 3.8) is 0 Å². The van der Waals surface area contributed by atoms with Crippen LogP contribution in [-0.4, -0.2) is 19.1 Å². The summed E-state index contributed by atoms with van der Waals surface area (Å²) in [6, 6.07) is 61.7. The van der Waals surface area contributed by atoms with Gasteiger partial charge in [0.25, 0.3) is 0 Å². The van der Waals surface area contributed by atoms with E-state index in [-0.39, 0.29) is 44.7 Å². The Hall–Kier alpha value is -7.34. The van der Waals surface area contributed by atoms with Gasteiger partial charge in [0.05, 0.1) is 51.3 Å². The molecule has 8 aromatic carbocycles. The van der Waals surface area contributed by atoms with Crippen molar-refractivity contribution >= 4 is 33.0 Å². The van der Waals surface area contributed by atoms with Gasteiger partial charge >= 0.3 is 21.1 Å². The average molecular weight is 1170 g/mol. The monoisotopic (exact) mass is 1170 g/mol. The van der Waals surface area contributed by atoms with Crippen LogP contribution in [0.3, 0.4) is 0 Å². The number of hydrogen-bond donors (Lipinski definition) is 0. The van der Waals surface area contributed by atoms with Crippen molar-refractivity contribution < 1.29 is 34.6 Å². The van der Waals surface area contributed by atoms with Crippen molar-refractivity contribution in [1.29, 1.82) is 0 Å². The largest absolute Gasteiger partial charge is 2.00 e. The summed E-state index contributed by atoms with van der Waals surface area (Å²) in [4.78, 5) is 10.7. The number of furan rings is 1. The van der Waals surface area contributed by atoms with Crippen molar-refractivity contribution in [2.75, 3.05) is 0 Å². The smallest absolute Gasteiger partial charge is 0.496 e. The summed E-state index contributed by atoms with van der Waals surface area (Å²) in [5.41, 5.74) is 16.1. The normalized spacial score (nSPS) is 12.0. The molecule has 0 N–H and O–H groups in total. The van der Waals surface area contributed by atoms with E-state index in [1.165, 1.54) is 22.3 Å². The van der Waals surface area contributed by atoms with Crippen LogP contribution in [0.25, 0.3) is 89.4 Å². The molecule has 0 aliphatic rings. The van der Waals surface area contributed by atoms with Crippen molar-refractivity contribution in [1.82, 2.24) is 19.1 Å². The molecule has 6 nitrogen and oxygen atoms in total. The number of para-hydroxylation sites is 2. The Bertz CT molecular complexity index is 3820. The number of aromatic nitrogens is 4. The van der Waals surface area contributed by atoms with Crippen molar-refractivity contribution in [3.8, 4) is 67.9 Å². The minimum Gasteiger partial charge on any atom is -0.496 e. The summed E-state index contributed by atoms with van der Waals surface area (Å²) in [7, 11) is 0. The molecule has 0 saturated heterocycles. The van der Waals surface area contributed by atoms with E-state index in [1.54, 1.807) is 20.1 Å². The van der Waals surface area contributed by atoms with Crippen LogP contribution < -0.4 is 4.74 Å². The van der Waals surface area contributed by atoms with Crippen LogP contribution in [0.2, 0.25) is 0 Å². The molecule has 8 heteroatoms. The third-order valence-corrected chi connectivity index (χ3v) is 14.3. The van der Waals surface area contributed by atoms with Gasteiger partial charge < -0.3 is 18.3 Å². The Morgan fingerprint density at radius 1 is 0.507 bits per heavy atom. The van der Waals surface area contributed by atoms with Gasteiger partial charge in [-0.2, -0.15) is 0 Å². The predicted octanol–water partition coefficient (Wildman–Crippen LogP) is 18.9. The van der Waals surface area contributed by atoms with Crippen molar-refractivity contribution in [3.05, 3.63) is 204 Å². The van der Waals surface area contributed by atoms with Crippen LogP contribution in [-0.2, 0) is 26.7 Å². The Morgan fingerprint density at radius 2 is 1.01 bits per heavy atom. The van der Waals surface area contributed by atoms with E-state index in [1.807, 2.05) is 54.6 Å². The number of nitrogens with zero attached hydrogens (tertiary/aromatic N) is 4. The second-order valence-corrected chi connectivity index (χ2v) is 21.3. The maximum absolute atomic E-state index is 16.0. The fourth-order valence-electron chi connectivity index (χ4n) is 10.4. The first-order valence-electron chi connectivity index (χ1n) is 25.9. The topological polar surface area (TPSA) is 58.0 Å². The number of halogens is 1. The van der Waals surface area contributed by atoms with E-state index in [9.17, 15) is 0 Å². The maximum Gasteiger partial charge on any atom is 2.00 e. The Balaban J connectivity index is 0.00000641. The van der Waals surface area contributed by atoms with Gasteiger partial charge in [-0.3, -0.25) is 9.97 Å². The van der Waals surface area contributed by atoms with E-state index >= 15 is 4.39 Å². The molecule has 3 heterocycles. The van der Waals surface area contributed by atoms with E-state index in [2.05, 4.69) is 180 Å². The molecular formula is C67H61FN4O2Pt. The van der Waals surface area contributed by atoms with E-state index in [4.69, 9.17) is 19.1 Å². The summed E-state index contributed by atoms with van der Waals surface area (Å²) in [6.45, 7) is 21.2. The molecule has 0 aliphatic heterocycles. The minimum atomic E-state index is -1.59. The first kappa shape index (κ1) is 51.2. The van der Waals surface area contributed by atoms with Gasteiger partial charge in [0.15, 0.2) is 0 Å². The van der Waals surface area contributed by atoms with Crippen LogP contribution in [0.4, 0.5) is 4.39 Å². The molecule has 0 atom stereocenters. The summed E-state index contributed by atoms with van der Waals surface area (Å²) in [6.07, 6.45) is 1.67. The van der Waals surface area contributed by atoms with Gasteiger partial charge in [0, 0.05) is 17.1 Å². The zero-order chi connectivity index (χ0) is 51.6. The van der Waals surface area contributed by atoms with Gasteiger partial charge in [-0.05, 0) is 142 Å². The van der Waals surface area contributed by atoms with Crippen molar-refractivity contribution in [2.24, 2.45) is 0 Å². The first-order valence-corrected chi connectivity index (χ1v) is 25.9. The molecule has 0 aliphatic carbocycles. The average Bonchev–Trinajstić information content (AvgIpc) is 4.19. The predicted molar refractivity (Wildman–Crippen MR) is 302 cm³/mol. The standard InChI is InChI=1S/C67H61FN4O2.Pt/c1-40(2)53-33-47(44-20-13-11-14-21-44)34-54(41(3)4)63(53)71-59-27-18-17-26-57(59)69-65(71)46-24-19-25-51(32-46)74-62-38-49(37-61-52(62)30-31-73-61)66-70-58-29-28-50(67(9,10)68)39-60(58)72(66)64-55(42(5)6)35-48(36-56(64)43(7)8)45-22-15-12-16-23-45;/h11-31,33-37,39-43H,1-10H3;/q-2;+2. The fraction of sp³-hybridized carbons (Fsp3) is 0.224. The molecule has 0 unspecified atom stereocenters. The minimum absolute atomic E-state index is 0. The fourth-order valence-corrected chi connectivity index (χ4v) is 10.4. The number of benzene rings is 8. The molecular weight excluding hydrogens is 1110 g/mol. The van der Waals surface area contributed by atoms with Gasteiger partial charge in [-0.15, -0.1) is 29.3 Å². The number of fused-ring (bicyclic) bond motifs is 3. The number of hydrogen-bond acceptors (Lipinski definition) is 4. The molecule has 378 valence electrons. The number of imidazole rings is 2. The quantitative estimate of drug-likeness (QED) is 0.108. The van der Waals surface area contributed by atoms with E-state index in [0.717, 1.165) is 72.5 Å². The molecule has 11 aromatic rings. The molecule has 0 fully saturated rings. The maximum atomic E-state index is 16.0. The molecule has 3 aromatic heterocycles. The van der Waals surface area contributed by atoms with Gasteiger partial charge in [0.1, 0.15) is 5.67 Å². The summed E-state index contributed by atoms with van der Waals surface area (Å²) in [5.74, 6) is 3.06. The Labute approximate surface area is 454 Å². The van der Waals surface area contributed by atoms with Crippen LogP contribution in [0.1, 0.15) is 121 Å². The molecule has 75 heavy (non-hydrogen) atoms. The third-order valence-electron chi connectivity index (χ3n) is 14.3. The Morgan fingerprint density at radius 3 is 1.56 bits per heavy atom. The van der Waals surface area contributed by atoms with Crippen LogP contribution in [0.15, 0.2) is 168 Å². The Kier molecular flexibility index (Phi) is 13.9. The molecule has 0 amide bonds. The summed E-state index contributed by atoms with van der Waals surface area (Å²) >= 11 is 0. The first-order chi connectivity index (χ1) is 35.6. The van der Waals surface area contributed by atoms with E-state index in [0.29, 0.717) is 34.0 Å². The second kappa shape index (κ2) is 20.4. The molecule has 0 bridgehead atoms. The molecule has 11 rings (SSSR count). The zero-order valence-corrected chi connectivity index (χ0v) is 46.5. The molecule has 0 spiro atoms. The van der Waals surface area contributed by atoms with Gasteiger partial charge in [0.2, 0.25) is 0 Å². The number of ether oxygens (including phenoxy) is 1. The SMILES string of the molecule is CC(C)c1cc(-c2ccccc2)cc(C(C)C)c1-n1c(-c2[c-]c(Oc3[c-]c(-c4nc5ccc(C(C)(C)F)cc5n4-c4c(C(C)C)cc(-c5ccccc5)cc4C(C)C)cc4occc34)ccc2)nc2ccccc21.[Pt+2]. The van der Waals surface area contributed by atoms with Crippen molar-refractivity contribution in [2.45, 2.75) is 98.6 Å². The van der Waals surface area contributed by atoms with Crippen LogP contribution in [0, 0.1) is 12.1 Å². The third kappa shape index (κ3) is 9.57. The zero-order valence-electron chi connectivity index (χ0n) is 44.2. The number of alkyl halides is 1. The number of rotatable bonds is 13. The van der Waals surface area contributed by atoms with Gasteiger partial charge in [-0.1, -0.05) is 159 Å². The van der Waals surface area contributed by atoms with Crippen LogP contribution in [0.5, 0.6) is 11.5 Å². The van der Waals surface area contributed by atoms with Crippen LogP contribution >= 0.6 is 0 Å². The summed E-state index contributed by atoms with van der Waals surface area (Å²) in [5, 5.41) is 0.753. The van der Waals surface area contributed by atoms with E-state index < -0.39 is 5.67 Å². The van der Waals surface area contributed by atoms with Gasteiger partial charge in [-0.25, -0.2) is 4.39 Å².